The maximum Gasteiger partial charge on any atom is 0.151 e. The number of aromatic nitrogens is 3. The number of aliphatic hydroxyl groups is 1. The molecule has 1 aliphatic carbocycles. The highest BCUT2D eigenvalue weighted by Crippen LogP contribution is 2.36. The van der Waals surface area contributed by atoms with Crippen LogP contribution in [0.25, 0.3) is 5.69 Å². The molecular formula is C20H26Cl2N4O2. The third kappa shape index (κ3) is 4.07. The summed E-state index contributed by atoms with van der Waals surface area (Å²) in [5.41, 5.74) is 2.32. The first kappa shape index (κ1) is 20.1. The Hall–Kier alpha value is -1.18. The molecule has 1 aliphatic heterocycles. The number of rotatable bonds is 5. The van der Waals surface area contributed by atoms with Crippen molar-refractivity contribution in [3.05, 3.63) is 40.4 Å². The summed E-state index contributed by atoms with van der Waals surface area (Å²) in [7, 11) is 2.09. The van der Waals surface area contributed by atoms with Gasteiger partial charge in [-0.3, -0.25) is 9.47 Å². The lowest BCUT2D eigenvalue weighted by molar-refractivity contribution is -0.0444. The molecule has 1 aromatic carbocycles. The first-order chi connectivity index (χ1) is 13.6. The predicted octanol–water partition coefficient (Wildman–Crippen LogP) is 3.51. The minimum atomic E-state index is -0.278. The van der Waals surface area contributed by atoms with Crippen molar-refractivity contribution in [1.29, 1.82) is 0 Å². The Morgan fingerprint density at radius 2 is 2.00 bits per heavy atom. The second kappa shape index (κ2) is 8.67. The number of ether oxygens (including phenoxy) is 1. The third-order valence-corrected chi connectivity index (χ3v) is 6.27. The van der Waals surface area contributed by atoms with Crippen molar-refractivity contribution in [2.24, 2.45) is 0 Å². The molecule has 0 bridgehead atoms. The molecule has 152 valence electrons. The molecule has 1 N–H and O–H groups in total. The van der Waals surface area contributed by atoms with E-state index in [9.17, 15) is 5.11 Å². The van der Waals surface area contributed by atoms with Gasteiger partial charge in [0.15, 0.2) is 5.82 Å². The van der Waals surface area contributed by atoms with Crippen LogP contribution in [0.4, 0.5) is 0 Å². The second-order valence-electron chi connectivity index (χ2n) is 7.82. The monoisotopic (exact) mass is 424 g/mol. The van der Waals surface area contributed by atoms with Crippen molar-refractivity contribution in [2.45, 2.75) is 56.9 Å². The average Bonchev–Trinajstić information content (AvgIpc) is 3.03. The zero-order valence-electron chi connectivity index (χ0n) is 16.0. The Labute approximate surface area is 175 Å². The number of alkyl halides is 1. The Morgan fingerprint density at radius 3 is 2.71 bits per heavy atom. The van der Waals surface area contributed by atoms with Gasteiger partial charge in [-0.05, 0) is 56.5 Å². The van der Waals surface area contributed by atoms with Gasteiger partial charge in [0.25, 0.3) is 0 Å². The number of benzene rings is 1. The van der Waals surface area contributed by atoms with E-state index in [-0.39, 0.29) is 18.8 Å². The van der Waals surface area contributed by atoms with Crippen molar-refractivity contribution >= 4 is 23.2 Å². The van der Waals surface area contributed by atoms with Crippen LogP contribution in [-0.2, 0) is 17.8 Å². The van der Waals surface area contributed by atoms with Crippen LogP contribution in [0, 0.1) is 0 Å². The SMILES string of the molecule is CN1Cc2cc(Cl)ccc2-n2c(nnc2C2CCC(O[C@@H](CO)CCl)CC2)C1. The van der Waals surface area contributed by atoms with Crippen LogP contribution in [0.1, 0.15) is 48.8 Å². The largest absolute Gasteiger partial charge is 0.394 e. The predicted molar refractivity (Wildman–Crippen MR) is 109 cm³/mol. The summed E-state index contributed by atoms with van der Waals surface area (Å²) in [6.45, 7) is 1.56. The third-order valence-electron chi connectivity index (χ3n) is 5.69. The zero-order valence-corrected chi connectivity index (χ0v) is 17.5. The number of nitrogens with zero attached hydrogens (tertiary/aromatic N) is 4. The van der Waals surface area contributed by atoms with Crippen LogP contribution in [-0.4, -0.2) is 56.5 Å². The molecule has 6 nitrogen and oxygen atoms in total. The minimum absolute atomic E-state index is 0.0338. The van der Waals surface area contributed by atoms with Gasteiger partial charge in [0.1, 0.15) is 5.82 Å². The molecule has 0 spiro atoms. The average molecular weight is 425 g/mol. The quantitative estimate of drug-likeness (QED) is 0.743. The molecule has 0 saturated heterocycles. The fraction of sp³-hybridized carbons (Fsp3) is 0.600. The maximum absolute atomic E-state index is 9.31. The molecule has 1 fully saturated rings. The van der Waals surface area contributed by atoms with Gasteiger partial charge in [-0.25, -0.2) is 0 Å². The number of halogens is 2. The van der Waals surface area contributed by atoms with Gasteiger partial charge in [-0.2, -0.15) is 0 Å². The Kier molecular flexibility index (Phi) is 6.23. The Bertz CT molecular complexity index is 817. The summed E-state index contributed by atoms with van der Waals surface area (Å²) in [5, 5.41) is 19.2. The first-order valence-electron chi connectivity index (χ1n) is 9.82. The lowest BCUT2D eigenvalue weighted by Gasteiger charge is -2.30. The van der Waals surface area contributed by atoms with Gasteiger partial charge in [-0.1, -0.05) is 11.6 Å². The number of hydrogen-bond donors (Lipinski definition) is 1. The zero-order chi connectivity index (χ0) is 19.7. The van der Waals surface area contributed by atoms with Crippen molar-refractivity contribution < 1.29 is 9.84 Å². The molecule has 4 rings (SSSR count). The molecule has 8 heteroatoms. The maximum atomic E-state index is 9.31. The van der Waals surface area contributed by atoms with Crippen LogP contribution in [0.3, 0.4) is 0 Å². The first-order valence-corrected chi connectivity index (χ1v) is 10.7. The van der Waals surface area contributed by atoms with Crippen LogP contribution < -0.4 is 0 Å². The molecule has 0 unspecified atom stereocenters. The fourth-order valence-electron chi connectivity index (χ4n) is 4.30. The highest BCUT2D eigenvalue weighted by atomic mass is 35.5. The standard InChI is InChI=1S/C20H26Cl2N4O2/c1-25-10-14-8-15(22)4-7-18(14)26-19(11-25)23-24-20(26)13-2-5-16(6-3-13)28-17(9-21)12-27/h4,7-8,13,16-17,27H,2-3,5-6,9-12H2,1H3/t13?,16?,17-/m1/s1. The number of hydrogen-bond acceptors (Lipinski definition) is 5. The smallest absolute Gasteiger partial charge is 0.151 e. The van der Waals surface area contributed by atoms with E-state index in [4.69, 9.17) is 27.9 Å². The molecule has 1 saturated carbocycles. The van der Waals surface area contributed by atoms with E-state index in [2.05, 4.69) is 32.8 Å². The van der Waals surface area contributed by atoms with Crippen LogP contribution in [0.15, 0.2) is 18.2 Å². The minimum Gasteiger partial charge on any atom is -0.394 e. The summed E-state index contributed by atoms with van der Waals surface area (Å²) < 4.78 is 8.16. The molecule has 1 aromatic heterocycles. The lowest BCUT2D eigenvalue weighted by Crippen LogP contribution is -2.30. The van der Waals surface area contributed by atoms with E-state index in [1.165, 1.54) is 5.56 Å². The summed E-state index contributed by atoms with van der Waals surface area (Å²) in [6, 6.07) is 6.05. The van der Waals surface area contributed by atoms with Gasteiger partial charge in [0, 0.05) is 17.5 Å². The van der Waals surface area contributed by atoms with Gasteiger partial charge in [0.05, 0.1) is 36.9 Å². The van der Waals surface area contributed by atoms with E-state index in [0.29, 0.717) is 11.8 Å². The van der Waals surface area contributed by atoms with Crippen molar-refractivity contribution in [3.8, 4) is 5.69 Å². The van der Waals surface area contributed by atoms with Gasteiger partial charge >= 0.3 is 0 Å². The normalized spacial score (nSPS) is 23.7. The molecule has 28 heavy (non-hydrogen) atoms. The van der Waals surface area contributed by atoms with Crippen molar-refractivity contribution in [2.75, 3.05) is 19.5 Å². The highest BCUT2D eigenvalue weighted by Gasteiger charge is 2.31. The van der Waals surface area contributed by atoms with E-state index >= 15 is 0 Å². The molecule has 2 aliphatic rings. The van der Waals surface area contributed by atoms with E-state index in [0.717, 1.165) is 61.1 Å². The van der Waals surface area contributed by atoms with E-state index in [1.807, 2.05) is 12.1 Å². The topological polar surface area (TPSA) is 63.4 Å². The van der Waals surface area contributed by atoms with Crippen LogP contribution in [0.2, 0.25) is 5.02 Å². The lowest BCUT2D eigenvalue weighted by atomic mass is 9.86. The summed E-state index contributed by atoms with van der Waals surface area (Å²) in [4.78, 5) is 2.23. The molecule has 0 amide bonds. The molecule has 2 heterocycles. The molecular weight excluding hydrogens is 399 g/mol. The Balaban J connectivity index is 1.57. The van der Waals surface area contributed by atoms with Crippen LogP contribution >= 0.6 is 23.2 Å². The van der Waals surface area contributed by atoms with Gasteiger partial charge in [0.2, 0.25) is 0 Å². The summed E-state index contributed by atoms with van der Waals surface area (Å²) >= 11 is 12.1. The second-order valence-corrected chi connectivity index (χ2v) is 8.57. The van der Waals surface area contributed by atoms with Gasteiger partial charge in [-0.15, -0.1) is 21.8 Å². The van der Waals surface area contributed by atoms with Crippen LogP contribution in [0.5, 0.6) is 0 Å². The summed E-state index contributed by atoms with van der Waals surface area (Å²) in [5.74, 6) is 2.67. The fourth-order valence-corrected chi connectivity index (χ4v) is 4.67. The highest BCUT2D eigenvalue weighted by molar-refractivity contribution is 6.30. The molecule has 0 radical (unpaired) electrons. The number of aliphatic hydroxyl groups excluding tert-OH is 1. The van der Waals surface area contributed by atoms with Gasteiger partial charge < -0.3 is 9.84 Å². The van der Waals surface area contributed by atoms with E-state index < -0.39 is 0 Å². The molecule has 2 aromatic rings. The number of fused-ring (bicyclic) bond motifs is 3. The van der Waals surface area contributed by atoms with Crippen molar-refractivity contribution in [1.82, 2.24) is 19.7 Å². The Morgan fingerprint density at radius 1 is 1.21 bits per heavy atom. The van der Waals surface area contributed by atoms with E-state index in [1.54, 1.807) is 0 Å². The molecule has 1 atom stereocenters. The van der Waals surface area contributed by atoms with Crippen molar-refractivity contribution in [3.63, 3.8) is 0 Å². The summed E-state index contributed by atoms with van der Waals surface area (Å²) in [6.07, 6.45) is 3.72.